The Morgan fingerprint density at radius 1 is 0.500 bits per heavy atom. The molecule has 0 aliphatic carbocycles. The first-order valence-corrected chi connectivity index (χ1v) is 10.1. The van der Waals surface area contributed by atoms with Crippen LogP contribution in [0.15, 0.2) is 109 Å². The molecule has 0 aliphatic rings. The van der Waals surface area contributed by atoms with E-state index in [-0.39, 0.29) is 5.78 Å². The summed E-state index contributed by atoms with van der Waals surface area (Å²) in [6.45, 7) is 1.45. The molecule has 0 unspecified atom stereocenters. The second-order valence-corrected chi connectivity index (χ2v) is 7.16. The topological polar surface area (TPSA) is 41.1 Å². The normalized spacial score (nSPS) is 10.4. The van der Waals surface area contributed by atoms with Crippen LogP contribution in [0.5, 0.6) is 0 Å². The Bertz CT molecular complexity index is 984. The molecule has 0 fully saturated rings. The molecule has 0 heterocycles. The second kappa shape index (κ2) is 9.57. The summed E-state index contributed by atoms with van der Waals surface area (Å²) >= 11 is 0. The highest BCUT2D eigenvalue weighted by Gasteiger charge is 2.09. The Kier molecular flexibility index (Phi) is 6.21. The van der Waals surface area contributed by atoms with Crippen LogP contribution in [0.4, 0.5) is 11.4 Å². The van der Waals surface area contributed by atoms with Gasteiger partial charge in [-0.2, -0.15) is 0 Å². The lowest BCUT2D eigenvalue weighted by Gasteiger charge is -2.08. The number of carbonyl (C=O) groups is 1. The van der Waals surface area contributed by atoms with Gasteiger partial charge in [0.2, 0.25) is 0 Å². The SMILES string of the molecule is O=C(c1ccc(CNc2ccccc2)cc1)c1ccc(CNc2ccccc2)cc1. The summed E-state index contributed by atoms with van der Waals surface area (Å²) in [4.78, 5) is 12.8. The summed E-state index contributed by atoms with van der Waals surface area (Å²) in [6.07, 6.45) is 0. The molecule has 0 aromatic heterocycles. The molecular weight excluding hydrogens is 368 g/mol. The lowest BCUT2D eigenvalue weighted by Crippen LogP contribution is -2.04. The number of anilines is 2. The van der Waals surface area contributed by atoms with Gasteiger partial charge in [0.25, 0.3) is 0 Å². The molecule has 3 nitrogen and oxygen atoms in total. The van der Waals surface area contributed by atoms with Crippen molar-refractivity contribution in [2.24, 2.45) is 0 Å². The molecule has 0 bridgehead atoms. The summed E-state index contributed by atoms with van der Waals surface area (Å²) in [6, 6.07) is 35.8. The van der Waals surface area contributed by atoms with Gasteiger partial charge in [0.1, 0.15) is 0 Å². The summed E-state index contributed by atoms with van der Waals surface area (Å²) in [7, 11) is 0. The summed E-state index contributed by atoms with van der Waals surface area (Å²) in [5.41, 5.74) is 5.84. The predicted molar refractivity (Wildman–Crippen MR) is 124 cm³/mol. The first-order valence-electron chi connectivity index (χ1n) is 10.1. The average molecular weight is 393 g/mol. The van der Waals surface area contributed by atoms with E-state index in [2.05, 4.69) is 10.6 Å². The van der Waals surface area contributed by atoms with Crippen molar-refractivity contribution in [1.29, 1.82) is 0 Å². The Labute approximate surface area is 177 Å². The lowest BCUT2D eigenvalue weighted by molar-refractivity contribution is 0.103. The van der Waals surface area contributed by atoms with Gasteiger partial charge in [0, 0.05) is 35.6 Å². The fourth-order valence-electron chi connectivity index (χ4n) is 3.23. The molecule has 0 saturated heterocycles. The third kappa shape index (κ3) is 5.15. The average Bonchev–Trinajstić information content (AvgIpc) is 2.83. The third-order valence-corrected chi connectivity index (χ3v) is 4.97. The maximum Gasteiger partial charge on any atom is 0.193 e. The minimum absolute atomic E-state index is 0.0418. The van der Waals surface area contributed by atoms with Crippen molar-refractivity contribution in [3.63, 3.8) is 0 Å². The second-order valence-electron chi connectivity index (χ2n) is 7.16. The number of nitrogens with one attached hydrogen (secondary N) is 2. The summed E-state index contributed by atoms with van der Waals surface area (Å²) in [5, 5.41) is 6.76. The van der Waals surface area contributed by atoms with Gasteiger partial charge in [-0.15, -0.1) is 0 Å². The van der Waals surface area contributed by atoms with Crippen LogP contribution in [0.25, 0.3) is 0 Å². The molecule has 30 heavy (non-hydrogen) atoms. The highest BCUT2D eigenvalue weighted by Crippen LogP contribution is 2.15. The van der Waals surface area contributed by atoms with Crippen molar-refractivity contribution in [3.05, 3.63) is 131 Å². The van der Waals surface area contributed by atoms with Gasteiger partial charge in [-0.05, 0) is 35.4 Å². The fraction of sp³-hybridized carbons (Fsp3) is 0.0741. The lowest BCUT2D eigenvalue weighted by atomic mass is 10.0. The molecule has 3 heteroatoms. The minimum atomic E-state index is 0.0418. The van der Waals surface area contributed by atoms with E-state index in [4.69, 9.17) is 0 Å². The zero-order valence-electron chi connectivity index (χ0n) is 16.7. The molecular formula is C27H24N2O. The molecule has 0 saturated carbocycles. The third-order valence-electron chi connectivity index (χ3n) is 4.97. The van der Waals surface area contributed by atoms with Gasteiger partial charge in [-0.1, -0.05) is 84.9 Å². The fourth-order valence-corrected chi connectivity index (χ4v) is 3.23. The Balaban J connectivity index is 1.34. The highest BCUT2D eigenvalue weighted by molar-refractivity contribution is 6.09. The van der Waals surface area contributed by atoms with Crippen molar-refractivity contribution in [2.45, 2.75) is 13.1 Å². The van der Waals surface area contributed by atoms with Crippen molar-refractivity contribution >= 4 is 17.2 Å². The maximum absolute atomic E-state index is 12.8. The van der Waals surface area contributed by atoms with E-state index in [1.807, 2.05) is 109 Å². The Morgan fingerprint density at radius 3 is 1.23 bits per heavy atom. The molecule has 0 spiro atoms. The number of hydrogen-bond donors (Lipinski definition) is 2. The zero-order valence-corrected chi connectivity index (χ0v) is 16.7. The molecule has 4 aromatic rings. The van der Waals surface area contributed by atoms with Crippen LogP contribution >= 0.6 is 0 Å². The number of hydrogen-bond acceptors (Lipinski definition) is 3. The van der Waals surface area contributed by atoms with Crippen LogP contribution < -0.4 is 10.6 Å². The minimum Gasteiger partial charge on any atom is -0.381 e. The van der Waals surface area contributed by atoms with Gasteiger partial charge in [0.15, 0.2) is 5.78 Å². The van der Waals surface area contributed by atoms with Gasteiger partial charge in [-0.25, -0.2) is 0 Å². The van der Waals surface area contributed by atoms with E-state index in [0.717, 1.165) is 35.6 Å². The van der Waals surface area contributed by atoms with E-state index in [0.29, 0.717) is 11.1 Å². The first kappa shape index (κ1) is 19.5. The van der Waals surface area contributed by atoms with Crippen molar-refractivity contribution in [2.75, 3.05) is 10.6 Å². The summed E-state index contributed by atoms with van der Waals surface area (Å²) < 4.78 is 0. The van der Waals surface area contributed by atoms with Crippen LogP contribution in [0, 0.1) is 0 Å². The molecule has 148 valence electrons. The van der Waals surface area contributed by atoms with E-state index < -0.39 is 0 Å². The van der Waals surface area contributed by atoms with Crippen LogP contribution in [-0.4, -0.2) is 5.78 Å². The van der Waals surface area contributed by atoms with Crippen LogP contribution in [0.1, 0.15) is 27.0 Å². The van der Waals surface area contributed by atoms with Gasteiger partial charge >= 0.3 is 0 Å². The van der Waals surface area contributed by atoms with E-state index in [1.54, 1.807) is 0 Å². The quantitative estimate of drug-likeness (QED) is 0.354. The van der Waals surface area contributed by atoms with E-state index in [9.17, 15) is 4.79 Å². The Hall–Kier alpha value is -3.85. The molecule has 4 aromatic carbocycles. The number of benzene rings is 4. The van der Waals surface area contributed by atoms with Crippen molar-refractivity contribution < 1.29 is 4.79 Å². The molecule has 0 amide bonds. The van der Waals surface area contributed by atoms with E-state index in [1.165, 1.54) is 0 Å². The number of carbonyl (C=O) groups excluding carboxylic acids is 1. The number of para-hydroxylation sites is 2. The predicted octanol–water partition coefficient (Wildman–Crippen LogP) is 6.14. The molecule has 0 atom stereocenters. The van der Waals surface area contributed by atoms with Gasteiger partial charge in [0.05, 0.1) is 0 Å². The first-order chi connectivity index (χ1) is 14.8. The number of ketones is 1. The molecule has 0 aliphatic heterocycles. The largest absolute Gasteiger partial charge is 0.381 e. The molecule has 4 rings (SSSR count). The van der Waals surface area contributed by atoms with Crippen LogP contribution in [0.2, 0.25) is 0 Å². The van der Waals surface area contributed by atoms with Gasteiger partial charge < -0.3 is 10.6 Å². The summed E-state index contributed by atoms with van der Waals surface area (Å²) in [5.74, 6) is 0.0418. The maximum atomic E-state index is 12.8. The molecule has 0 radical (unpaired) electrons. The monoisotopic (exact) mass is 392 g/mol. The van der Waals surface area contributed by atoms with Crippen molar-refractivity contribution in [3.8, 4) is 0 Å². The standard InChI is InChI=1S/C27H24N2O/c30-27(23-15-11-21(12-16-23)19-28-25-7-3-1-4-8-25)24-17-13-22(14-18-24)20-29-26-9-5-2-6-10-26/h1-18,28-29H,19-20H2. The zero-order chi connectivity index (χ0) is 20.6. The van der Waals surface area contributed by atoms with Crippen LogP contribution in [0.3, 0.4) is 0 Å². The molecule has 2 N–H and O–H groups in total. The highest BCUT2D eigenvalue weighted by atomic mass is 16.1. The van der Waals surface area contributed by atoms with Crippen LogP contribution in [-0.2, 0) is 13.1 Å². The van der Waals surface area contributed by atoms with Gasteiger partial charge in [-0.3, -0.25) is 4.79 Å². The van der Waals surface area contributed by atoms with Crippen molar-refractivity contribution in [1.82, 2.24) is 0 Å². The van der Waals surface area contributed by atoms with E-state index >= 15 is 0 Å². The smallest absolute Gasteiger partial charge is 0.193 e. The number of rotatable bonds is 8. The Morgan fingerprint density at radius 2 is 0.867 bits per heavy atom.